The van der Waals surface area contributed by atoms with Gasteiger partial charge in [0.05, 0.1) is 5.02 Å². The number of hydrogen-bond donors (Lipinski definition) is 1. The predicted molar refractivity (Wildman–Crippen MR) is 85.3 cm³/mol. The highest BCUT2D eigenvalue weighted by molar-refractivity contribution is 6.42. The summed E-state index contributed by atoms with van der Waals surface area (Å²) in [6.07, 6.45) is 0.719. The Morgan fingerprint density at radius 1 is 1.10 bits per heavy atom. The van der Waals surface area contributed by atoms with E-state index in [1.54, 1.807) is 24.3 Å². The Hall–Kier alpha value is -0.930. The second-order valence-corrected chi connectivity index (χ2v) is 5.78. The van der Waals surface area contributed by atoms with Gasteiger partial charge in [-0.05, 0) is 43.2 Å². The molecule has 2 rings (SSSR count). The molecule has 20 heavy (non-hydrogen) atoms. The third kappa shape index (κ3) is 3.80. The van der Waals surface area contributed by atoms with Gasteiger partial charge >= 0.3 is 0 Å². The van der Waals surface area contributed by atoms with Crippen LogP contribution in [0.1, 0.15) is 12.5 Å². The molecular formula is C15H14Cl3NO. The highest BCUT2D eigenvalue weighted by Gasteiger charge is 2.09. The Kier molecular flexibility index (Phi) is 5.17. The first kappa shape index (κ1) is 15.5. The summed E-state index contributed by atoms with van der Waals surface area (Å²) in [6.45, 7) is 1.94. The zero-order valence-electron chi connectivity index (χ0n) is 10.9. The molecule has 0 saturated heterocycles. The van der Waals surface area contributed by atoms with Crippen LogP contribution in [0.15, 0.2) is 36.4 Å². The van der Waals surface area contributed by atoms with Crippen molar-refractivity contribution in [1.29, 1.82) is 0 Å². The van der Waals surface area contributed by atoms with Gasteiger partial charge in [0.15, 0.2) is 0 Å². The SMILES string of the molecule is CC(N)Cc1ccc(Oc2cccc(Cl)c2Cl)cc1Cl. The first-order chi connectivity index (χ1) is 9.47. The highest BCUT2D eigenvalue weighted by Crippen LogP contribution is 2.35. The summed E-state index contributed by atoms with van der Waals surface area (Å²) < 4.78 is 5.70. The number of benzene rings is 2. The van der Waals surface area contributed by atoms with Gasteiger partial charge in [-0.3, -0.25) is 0 Å². The van der Waals surface area contributed by atoms with Gasteiger partial charge in [-0.25, -0.2) is 0 Å². The Bertz CT molecular complexity index is 614. The molecule has 0 radical (unpaired) electrons. The first-order valence-electron chi connectivity index (χ1n) is 6.13. The van der Waals surface area contributed by atoms with Gasteiger partial charge < -0.3 is 10.5 Å². The normalized spacial score (nSPS) is 12.2. The van der Waals surface area contributed by atoms with Crippen LogP contribution >= 0.6 is 34.8 Å². The molecule has 0 aliphatic carbocycles. The molecule has 0 aliphatic rings. The van der Waals surface area contributed by atoms with Crippen LogP contribution < -0.4 is 10.5 Å². The zero-order valence-corrected chi connectivity index (χ0v) is 13.1. The van der Waals surface area contributed by atoms with Gasteiger partial charge in [0.1, 0.15) is 16.5 Å². The van der Waals surface area contributed by atoms with Gasteiger partial charge in [0.2, 0.25) is 0 Å². The van der Waals surface area contributed by atoms with Crippen LogP contribution in [-0.4, -0.2) is 6.04 Å². The largest absolute Gasteiger partial charge is 0.456 e. The topological polar surface area (TPSA) is 35.2 Å². The lowest BCUT2D eigenvalue weighted by molar-refractivity contribution is 0.482. The van der Waals surface area contributed by atoms with Gasteiger partial charge in [0.25, 0.3) is 0 Å². The average Bonchev–Trinajstić information content (AvgIpc) is 2.38. The van der Waals surface area contributed by atoms with Crippen molar-refractivity contribution in [2.45, 2.75) is 19.4 Å². The van der Waals surface area contributed by atoms with Gasteiger partial charge in [-0.1, -0.05) is 46.9 Å². The van der Waals surface area contributed by atoms with Gasteiger partial charge in [0, 0.05) is 11.1 Å². The van der Waals surface area contributed by atoms with Crippen molar-refractivity contribution in [2.24, 2.45) is 5.73 Å². The number of rotatable bonds is 4. The molecule has 0 bridgehead atoms. The molecule has 2 aromatic carbocycles. The van der Waals surface area contributed by atoms with Crippen LogP contribution in [0.4, 0.5) is 0 Å². The molecule has 2 aromatic rings. The fourth-order valence-corrected chi connectivity index (χ4v) is 2.37. The fourth-order valence-electron chi connectivity index (χ4n) is 1.79. The Morgan fingerprint density at radius 2 is 1.85 bits per heavy atom. The second-order valence-electron chi connectivity index (χ2n) is 4.59. The maximum Gasteiger partial charge on any atom is 0.147 e. The highest BCUT2D eigenvalue weighted by atomic mass is 35.5. The molecule has 2 nitrogen and oxygen atoms in total. The minimum atomic E-state index is 0.0571. The summed E-state index contributed by atoms with van der Waals surface area (Å²) in [6, 6.07) is 10.8. The Morgan fingerprint density at radius 3 is 2.50 bits per heavy atom. The average molecular weight is 331 g/mol. The summed E-state index contributed by atoms with van der Waals surface area (Å²) in [5, 5.41) is 1.45. The van der Waals surface area contributed by atoms with Crippen molar-refractivity contribution in [3.8, 4) is 11.5 Å². The smallest absolute Gasteiger partial charge is 0.147 e. The number of hydrogen-bond acceptors (Lipinski definition) is 2. The molecular weight excluding hydrogens is 317 g/mol. The first-order valence-corrected chi connectivity index (χ1v) is 7.26. The molecule has 0 fully saturated rings. The van der Waals surface area contributed by atoms with Crippen LogP contribution in [0.25, 0.3) is 0 Å². The van der Waals surface area contributed by atoms with E-state index in [0.29, 0.717) is 26.6 Å². The maximum absolute atomic E-state index is 6.22. The molecule has 0 amide bonds. The summed E-state index contributed by atoms with van der Waals surface area (Å²) in [7, 11) is 0. The molecule has 0 aromatic heterocycles. The minimum absolute atomic E-state index is 0.0571. The van der Waals surface area contributed by atoms with E-state index in [4.69, 9.17) is 45.3 Å². The van der Waals surface area contributed by atoms with Gasteiger partial charge in [-0.2, -0.15) is 0 Å². The second kappa shape index (κ2) is 6.68. The number of nitrogens with two attached hydrogens (primary N) is 1. The van der Waals surface area contributed by atoms with Crippen LogP contribution in [0.5, 0.6) is 11.5 Å². The lowest BCUT2D eigenvalue weighted by Crippen LogP contribution is -2.17. The third-order valence-corrected chi connectivity index (χ3v) is 3.86. The zero-order chi connectivity index (χ0) is 14.7. The van der Waals surface area contributed by atoms with E-state index in [2.05, 4.69) is 0 Å². The third-order valence-electron chi connectivity index (χ3n) is 2.71. The van der Waals surface area contributed by atoms with Crippen LogP contribution in [0.3, 0.4) is 0 Å². The quantitative estimate of drug-likeness (QED) is 0.822. The van der Waals surface area contributed by atoms with Crippen LogP contribution in [0, 0.1) is 0 Å². The standard InChI is InChI=1S/C15H14Cl3NO/c1-9(19)7-10-5-6-11(8-13(10)17)20-14-4-2-3-12(16)15(14)18/h2-6,8-9H,7,19H2,1H3. The minimum Gasteiger partial charge on any atom is -0.456 e. The predicted octanol–water partition coefficient (Wildman–Crippen LogP) is 5.33. The molecule has 1 atom stereocenters. The molecule has 0 heterocycles. The van der Waals surface area contributed by atoms with E-state index >= 15 is 0 Å². The molecule has 1 unspecified atom stereocenters. The lowest BCUT2D eigenvalue weighted by atomic mass is 10.1. The van der Waals surface area contributed by atoms with E-state index in [1.807, 2.05) is 19.1 Å². The summed E-state index contributed by atoms with van der Waals surface area (Å²) in [4.78, 5) is 0. The molecule has 106 valence electrons. The fraction of sp³-hybridized carbons (Fsp3) is 0.200. The van der Waals surface area contributed by atoms with Crippen molar-refractivity contribution in [2.75, 3.05) is 0 Å². The lowest BCUT2D eigenvalue weighted by Gasteiger charge is -2.11. The molecule has 0 aliphatic heterocycles. The van der Waals surface area contributed by atoms with Crippen molar-refractivity contribution < 1.29 is 4.74 Å². The maximum atomic E-state index is 6.22. The Labute approximate surface area is 133 Å². The van der Waals surface area contributed by atoms with Gasteiger partial charge in [-0.15, -0.1) is 0 Å². The molecule has 5 heteroatoms. The van der Waals surface area contributed by atoms with E-state index < -0.39 is 0 Å². The summed E-state index contributed by atoms with van der Waals surface area (Å²) in [5.74, 6) is 1.10. The number of halogens is 3. The van der Waals surface area contributed by atoms with Crippen molar-refractivity contribution in [3.63, 3.8) is 0 Å². The molecule has 0 spiro atoms. The van der Waals surface area contributed by atoms with Crippen LogP contribution in [-0.2, 0) is 6.42 Å². The molecule has 0 saturated carbocycles. The van der Waals surface area contributed by atoms with Crippen LogP contribution in [0.2, 0.25) is 15.1 Å². The molecule has 2 N–H and O–H groups in total. The Balaban J connectivity index is 2.22. The van der Waals surface area contributed by atoms with E-state index in [0.717, 1.165) is 12.0 Å². The summed E-state index contributed by atoms with van der Waals surface area (Å²) in [5.41, 5.74) is 6.76. The van der Waals surface area contributed by atoms with E-state index in [1.165, 1.54) is 0 Å². The summed E-state index contributed by atoms with van der Waals surface area (Å²) >= 11 is 18.2. The van der Waals surface area contributed by atoms with Crippen molar-refractivity contribution >= 4 is 34.8 Å². The number of ether oxygens (including phenoxy) is 1. The van der Waals surface area contributed by atoms with Crippen molar-refractivity contribution in [1.82, 2.24) is 0 Å². The van der Waals surface area contributed by atoms with Crippen molar-refractivity contribution in [3.05, 3.63) is 57.0 Å². The van der Waals surface area contributed by atoms with E-state index in [9.17, 15) is 0 Å². The monoisotopic (exact) mass is 329 g/mol. The van der Waals surface area contributed by atoms with E-state index in [-0.39, 0.29) is 6.04 Å².